The molecule has 0 saturated carbocycles. The second kappa shape index (κ2) is 5.77. The van der Waals surface area contributed by atoms with E-state index in [9.17, 15) is 5.11 Å². The molecule has 0 bridgehead atoms. The zero-order valence-corrected chi connectivity index (χ0v) is 16.4. The maximum absolute atomic E-state index is 11.0. The average molecular weight is 357 g/mol. The number of halogens is 1. The van der Waals surface area contributed by atoms with Crippen LogP contribution >= 0.6 is 11.6 Å². The minimum atomic E-state index is -0.171. The third kappa shape index (κ3) is 3.38. The van der Waals surface area contributed by atoms with Gasteiger partial charge in [-0.1, -0.05) is 59.2 Å². The molecule has 0 fully saturated rings. The van der Waals surface area contributed by atoms with Gasteiger partial charge in [0, 0.05) is 10.6 Å². The van der Waals surface area contributed by atoms with Crippen LogP contribution in [0.3, 0.4) is 0 Å². The molecule has 0 aliphatic carbocycles. The Labute approximate surface area is 154 Å². The Bertz CT molecular complexity index is 943. The summed E-state index contributed by atoms with van der Waals surface area (Å²) in [5, 5.41) is 11.6. The molecule has 3 aromatic rings. The number of phenols is 1. The van der Waals surface area contributed by atoms with Crippen LogP contribution in [0.2, 0.25) is 5.02 Å². The molecule has 25 heavy (non-hydrogen) atoms. The fourth-order valence-electron chi connectivity index (χ4n) is 2.93. The summed E-state index contributed by atoms with van der Waals surface area (Å²) < 4.78 is 0. The Morgan fingerprint density at radius 3 is 2.24 bits per heavy atom. The van der Waals surface area contributed by atoms with Crippen LogP contribution in [0, 0.1) is 0 Å². The van der Waals surface area contributed by atoms with Crippen LogP contribution < -0.4 is 0 Å². The maximum Gasteiger partial charge on any atom is 0.142 e. The number of aromatic amines is 1. The summed E-state index contributed by atoms with van der Waals surface area (Å²) in [7, 11) is 0. The summed E-state index contributed by atoms with van der Waals surface area (Å²) in [5.74, 6) is 0.942. The van der Waals surface area contributed by atoms with Crippen LogP contribution in [0.1, 0.15) is 52.7 Å². The Morgan fingerprint density at radius 1 is 0.960 bits per heavy atom. The van der Waals surface area contributed by atoms with Crippen LogP contribution in [0.25, 0.3) is 22.4 Å². The maximum atomic E-state index is 11.0. The molecule has 0 aliphatic rings. The standard InChI is InChI=1S/C21H25ClN2O/c1-20(2,3)12-9-14(18(25)15(10-12)21(4,5)6)19-23-16-8-7-13(22)11-17(16)24-19/h7-11,25H,1-6H3,(H,23,24). The minimum absolute atomic E-state index is 0.0300. The van der Waals surface area contributed by atoms with Gasteiger partial charge in [0.15, 0.2) is 0 Å². The number of imidazole rings is 1. The first-order chi connectivity index (χ1) is 11.5. The number of nitrogens with zero attached hydrogens (tertiary/aromatic N) is 1. The average Bonchev–Trinajstić information content (AvgIpc) is 2.87. The third-order valence-corrected chi connectivity index (χ3v) is 4.72. The summed E-state index contributed by atoms with van der Waals surface area (Å²) in [5.41, 5.74) is 4.31. The predicted molar refractivity (Wildman–Crippen MR) is 106 cm³/mol. The lowest BCUT2D eigenvalue weighted by atomic mass is 9.79. The summed E-state index contributed by atoms with van der Waals surface area (Å²) in [6, 6.07) is 9.69. The lowest BCUT2D eigenvalue weighted by molar-refractivity contribution is 0.446. The second-order valence-electron chi connectivity index (χ2n) is 8.67. The van der Waals surface area contributed by atoms with Crippen molar-refractivity contribution in [1.29, 1.82) is 0 Å². The van der Waals surface area contributed by atoms with Gasteiger partial charge in [-0.3, -0.25) is 0 Å². The van der Waals surface area contributed by atoms with Crippen molar-refractivity contribution < 1.29 is 5.11 Å². The minimum Gasteiger partial charge on any atom is -0.507 e. The summed E-state index contributed by atoms with van der Waals surface area (Å²) in [6.45, 7) is 12.8. The van der Waals surface area contributed by atoms with Gasteiger partial charge in [-0.2, -0.15) is 0 Å². The van der Waals surface area contributed by atoms with Crippen LogP contribution in [0.4, 0.5) is 0 Å². The highest BCUT2D eigenvalue weighted by molar-refractivity contribution is 6.31. The molecule has 3 nitrogen and oxygen atoms in total. The summed E-state index contributed by atoms with van der Waals surface area (Å²) in [6.07, 6.45) is 0. The number of phenolic OH excluding ortho intramolecular Hbond substituents is 1. The first kappa shape index (κ1) is 17.8. The van der Waals surface area contributed by atoms with Crippen molar-refractivity contribution in [2.45, 2.75) is 52.4 Å². The smallest absolute Gasteiger partial charge is 0.142 e. The Balaban J connectivity index is 2.29. The van der Waals surface area contributed by atoms with E-state index in [1.165, 1.54) is 5.56 Å². The van der Waals surface area contributed by atoms with Crippen LogP contribution in [0.15, 0.2) is 30.3 Å². The largest absolute Gasteiger partial charge is 0.507 e. The Hall–Kier alpha value is -2.00. The van der Waals surface area contributed by atoms with Gasteiger partial charge in [0.2, 0.25) is 0 Å². The molecule has 0 aliphatic heterocycles. The van der Waals surface area contributed by atoms with E-state index in [2.05, 4.69) is 57.6 Å². The zero-order valence-electron chi connectivity index (χ0n) is 15.7. The molecule has 0 spiro atoms. The third-order valence-electron chi connectivity index (χ3n) is 4.48. The van der Waals surface area contributed by atoms with Crippen molar-refractivity contribution >= 4 is 22.6 Å². The van der Waals surface area contributed by atoms with Gasteiger partial charge in [0.25, 0.3) is 0 Å². The fourth-order valence-corrected chi connectivity index (χ4v) is 3.10. The molecular weight excluding hydrogens is 332 g/mol. The van der Waals surface area contributed by atoms with E-state index < -0.39 is 0 Å². The van der Waals surface area contributed by atoms with Crippen molar-refractivity contribution in [2.75, 3.05) is 0 Å². The normalized spacial score (nSPS) is 12.8. The lowest BCUT2D eigenvalue weighted by Crippen LogP contribution is -2.17. The first-order valence-corrected chi connectivity index (χ1v) is 8.88. The lowest BCUT2D eigenvalue weighted by Gasteiger charge is -2.27. The van der Waals surface area contributed by atoms with E-state index in [1.54, 1.807) is 0 Å². The van der Waals surface area contributed by atoms with Gasteiger partial charge in [-0.05, 0) is 40.7 Å². The molecule has 2 N–H and O–H groups in total. The van der Waals surface area contributed by atoms with Crippen molar-refractivity contribution in [3.63, 3.8) is 0 Å². The highest BCUT2D eigenvalue weighted by atomic mass is 35.5. The number of aromatic hydroxyl groups is 1. The molecule has 2 aromatic carbocycles. The Kier molecular flexibility index (Phi) is 4.11. The predicted octanol–water partition coefficient (Wildman–Crippen LogP) is 6.18. The Morgan fingerprint density at radius 2 is 1.64 bits per heavy atom. The van der Waals surface area contributed by atoms with Gasteiger partial charge in [-0.25, -0.2) is 4.98 Å². The summed E-state index contributed by atoms with van der Waals surface area (Å²) in [4.78, 5) is 7.95. The van der Waals surface area contributed by atoms with Gasteiger partial charge in [-0.15, -0.1) is 0 Å². The molecule has 0 amide bonds. The monoisotopic (exact) mass is 356 g/mol. The van der Waals surface area contributed by atoms with Crippen LogP contribution in [0.5, 0.6) is 5.75 Å². The van der Waals surface area contributed by atoms with E-state index in [0.29, 0.717) is 10.8 Å². The van der Waals surface area contributed by atoms with Gasteiger partial charge >= 0.3 is 0 Å². The molecular formula is C21H25ClN2O. The van der Waals surface area contributed by atoms with Crippen molar-refractivity contribution in [2.24, 2.45) is 0 Å². The van der Waals surface area contributed by atoms with Crippen molar-refractivity contribution in [1.82, 2.24) is 9.97 Å². The number of H-pyrrole nitrogens is 1. The molecule has 0 saturated heterocycles. The van der Waals surface area contributed by atoms with Crippen molar-refractivity contribution in [3.8, 4) is 17.1 Å². The molecule has 3 rings (SSSR count). The van der Waals surface area contributed by atoms with Crippen molar-refractivity contribution in [3.05, 3.63) is 46.5 Å². The first-order valence-electron chi connectivity index (χ1n) is 8.50. The zero-order chi connectivity index (χ0) is 18.6. The van der Waals surface area contributed by atoms with Gasteiger partial charge in [0.05, 0.1) is 16.6 Å². The topological polar surface area (TPSA) is 48.9 Å². The number of nitrogens with one attached hydrogen (secondary N) is 1. The van der Waals surface area contributed by atoms with Crippen LogP contribution in [-0.4, -0.2) is 15.1 Å². The highest BCUT2D eigenvalue weighted by Gasteiger charge is 2.26. The number of rotatable bonds is 1. The number of hydrogen-bond donors (Lipinski definition) is 2. The molecule has 1 heterocycles. The van der Waals surface area contributed by atoms with Gasteiger partial charge in [0.1, 0.15) is 11.6 Å². The molecule has 132 valence electrons. The van der Waals surface area contributed by atoms with E-state index in [1.807, 2.05) is 24.3 Å². The molecule has 0 unspecified atom stereocenters. The van der Waals surface area contributed by atoms with E-state index >= 15 is 0 Å². The van der Waals surface area contributed by atoms with E-state index in [4.69, 9.17) is 11.6 Å². The van der Waals surface area contributed by atoms with Crippen LogP contribution in [-0.2, 0) is 10.8 Å². The molecule has 0 atom stereocenters. The van der Waals surface area contributed by atoms with E-state index in [-0.39, 0.29) is 16.6 Å². The quantitative estimate of drug-likeness (QED) is 0.546. The highest BCUT2D eigenvalue weighted by Crippen LogP contribution is 2.41. The van der Waals surface area contributed by atoms with Gasteiger partial charge < -0.3 is 10.1 Å². The fraction of sp³-hybridized carbons (Fsp3) is 0.381. The number of benzene rings is 2. The SMILES string of the molecule is CC(C)(C)c1cc(-c2nc3ccc(Cl)cc3[nH]2)c(O)c(C(C)(C)C)c1. The summed E-state index contributed by atoms with van der Waals surface area (Å²) >= 11 is 6.08. The molecule has 0 radical (unpaired) electrons. The molecule has 1 aromatic heterocycles. The van der Waals surface area contributed by atoms with E-state index in [0.717, 1.165) is 22.2 Å². The number of aromatic nitrogens is 2. The number of fused-ring (bicyclic) bond motifs is 1. The number of hydrogen-bond acceptors (Lipinski definition) is 2. The molecule has 4 heteroatoms. The second-order valence-corrected chi connectivity index (χ2v) is 9.10.